The number of hydrogen-bond acceptors (Lipinski definition) is 10. The first kappa shape index (κ1) is 43.6. The molecule has 10 nitrogen and oxygen atoms in total. The van der Waals surface area contributed by atoms with E-state index < -0.39 is 17.6 Å². The maximum atomic E-state index is 10.8. The third-order valence-corrected chi connectivity index (χ3v) is 11.6. The standard InChI is InChI=1S/C53H56O10/c1-52(2,38-11-19-47(20-12-38)60-33-50-35-62-50)37-9-17-44(18-10-37)56-29-42(54)30-57-45-21-13-40(14-22-45)53(3,39-7-5-4-6-8-39)41-15-23-46(24-16-41)58-31-43(55)32-59-48-25-27-49(28-26-48)61-34-51-36-63-51/h4-28,42-43,50-51,54-55H,29-36H2,1-3H3. The van der Waals surface area contributed by atoms with Gasteiger partial charge in [0.05, 0.1) is 13.2 Å². The highest BCUT2D eigenvalue weighted by Crippen LogP contribution is 2.40. The van der Waals surface area contributed by atoms with Crippen LogP contribution in [0.25, 0.3) is 0 Å². The fourth-order valence-electron chi connectivity index (χ4n) is 7.35. The van der Waals surface area contributed by atoms with Crippen LogP contribution in [0.5, 0.6) is 34.5 Å². The summed E-state index contributed by atoms with van der Waals surface area (Å²) in [6.45, 7) is 9.58. The number of benzene rings is 6. The molecule has 0 spiro atoms. The molecule has 0 saturated carbocycles. The van der Waals surface area contributed by atoms with Crippen LogP contribution in [0.4, 0.5) is 0 Å². The van der Waals surface area contributed by atoms with Crippen molar-refractivity contribution in [2.75, 3.05) is 52.9 Å². The molecule has 0 aromatic heterocycles. The predicted molar refractivity (Wildman–Crippen MR) is 241 cm³/mol. The number of ether oxygens (including phenoxy) is 8. The molecule has 2 saturated heterocycles. The van der Waals surface area contributed by atoms with Gasteiger partial charge >= 0.3 is 0 Å². The molecular weight excluding hydrogens is 797 g/mol. The monoisotopic (exact) mass is 852 g/mol. The maximum Gasteiger partial charge on any atom is 0.122 e. The van der Waals surface area contributed by atoms with Crippen molar-refractivity contribution in [2.24, 2.45) is 0 Å². The maximum absolute atomic E-state index is 10.8. The molecule has 5 atom stereocenters. The number of aliphatic hydroxyl groups is 2. The van der Waals surface area contributed by atoms with Crippen LogP contribution < -0.4 is 28.4 Å². The zero-order chi connectivity index (χ0) is 43.7. The van der Waals surface area contributed by atoms with E-state index in [1.807, 2.05) is 91.0 Å². The van der Waals surface area contributed by atoms with Crippen molar-refractivity contribution in [3.05, 3.63) is 179 Å². The van der Waals surface area contributed by atoms with Gasteiger partial charge in [0, 0.05) is 10.8 Å². The lowest BCUT2D eigenvalue weighted by molar-refractivity contribution is 0.0626. The second-order valence-electron chi connectivity index (χ2n) is 16.8. The zero-order valence-electron chi connectivity index (χ0n) is 36.1. The Hall–Kier alpha value is -6.04. The minimum absolute atomic E-state index is 0.0788. The van der Waals surface area contributed by atoms with Gasteiger partial charge in [0.1, 0.15) is 98.6 Å². The predicted octanol–water partition coefficient (Wildman–Crippen LogP) is 8.56. The largest absolute Gasteiger partial charge is 0.491 e. The Morgan fingerprint density at radius 2 is 0.683 bits per heavy atom. The summed E-state index contributed by atoms with van der Waals surface area (Å²) in [5.41, 5.74) is 4.87. The van der Waals surface area contributed by atoms with Crippen molar-refractivity contribution in [1.29, 1.82) is 0 Å². The molecule has 0 amide bonds. The Kier molecular flexibility index (Phi) is 13.8. The van der Waals surface area contributed by atoms with E-state index >= 15 is 0 Å². The second-order valence-corrected chi connectivity index (χ2v) is 16.8. The zero-order valence-corrected chi connectivity index (χ0v) is 36.1. The minimum Gasteiger partial charge on any atom is -0.491 e. The molecule has 10 heteroatoms. The summed E-state index contributed by atoms with van der Waals surface area (Å²) in [5, 5.41) is 21.4. The molecule has 2 aliphatic heterocycles. The molecule has 0 aliphatic carbocycles. The van der Waals surface area contributed by atoms with Crippen molar-refractivity contribution in [3.63, 3.8) is 0 Å². The lowest BCUT2D eigenvalue weighted by atomic mass is 9.71. The van der Waals surface area contributed by atoms with Gasteiger partial charge in [0.25, 0.3) is 0 Å². The van der Waals surface area contributed by atoms with E-state index in [9.17, 15) is 10.2 Å². The van der Waals surface area contributed by atoms with Crippen LogP contribution in [0.2, 0.25) is 0 Å². The Balaban J connectivity index is 0.809. The van der Waals surface area contributed by atoms with Crippen LogP contribution in [0, 0.1) is 0 Å². The summed E-state index contributed by atoms with van der Waals surface area (Å²) in [6.07, 6.45) is -1.23. The van der Waals surface area contributed by atoms with Crippen LogP contribution in [-0.2, 0) is 20.3 Å². The summed E-state index contributed by atoms with van der Waals surface area (Å²) in [4.78, 5) is 0. The van der Waals surface area contributed by atoms with Gasteiger partial charge in [-0.25, -0.2) is 0 Å². The van der Waals surface area contributed by atoms with Crippen molar-refractivity contribution < 1.29 is 48.1 Å². The van der Waals surface area contributed by atoms with Crippen LogP contribution >= 0.6 is 0 Å². The van der Waals surface area contributed by atoms with E-state index in [-0.39, 0.29) is 44.1 Å². The Bertz CT molecular complexity index is 2310. The molecule has 6 aromatic carbocycles. The van der Waals surface area contributed by atoms with Gasteiger partial charge in [-0.3, -0.25) is 0 Å². The average molecular weight is 853 g/mol. The molecule has 8 rings (SSSR count). The summed E-state index contributed by atoms with van der Waals surface area (Å²) in [7, 11) is 0. The van der Waals surface area contributed by atoms with Crippen LogP contribution in [0.15, 0.2) is 152 Å². The number of hydrogen-bond donors (Lipinski definition) is 2. The molecule has 2 aliphatic rings. The molecule has 5 unspecified atom stereocenters. The van der Waals surface area contributed by atoms with Crippen molar-refractivity contribution in [2.45, 2.75) is 56.0 Å². The second kappa shape index (κ2) is 20.0. The molecule has 0 radical (unpaired) electrons. The fourth-order valence-corrected chi connectivity index (χ4v) is 7.35. The van der Waals surface area contributed by atoms with Gasteiger partial charge in [0.2, 0.25) is 0 Å². The summed E-state index contributed by atoms with van der Waals surface area (Å²) < 4.78 is 45.6. The summed E-state index contributed by atoms with van der Waals surface area (Å²) >= 11 is 0. The molecule has 0 bridgehead atoms. The van der Waals surface area contributed by atoms with Crippen molar-refractivity contribution in [1.82, 2.24) is 0 Å². The molecule has 6 aromatic rings. The first-order chi connectivity index (χ1) is 30.6. The van der Waals surface area contributed by atoms with E-state index in [1.165, 1.54) is 5.56 Å². The Morgan fingerprint density at radius 1 is 0.413 bits per heavy atom. The first-order valence-electron chi connectivity index (χ1n) is 21.6. The Labute approximate surface area is 369 Å². The highest BCUT2D eigenvalue weighted by atomic mass is 16.6. The molecular formula is C53H56O10. The lowest BCUT2D eigenvalue weighted by Gasteiger charge is -2.32. The van der Waals surface area contributed by atoms with E-state index in [4.69, 9.17) is 37.9 Å². The molecule has 328 valence electrons. The minimum atomic E-state index is -0.831. The molecule has 2 heterocycles. The third kappa shape index (κ3) is 11.7. The number of epoxide rings is 2. The van der Waals surface area contributed by atoms with E-state index in [0.29, 0.717) is 36.2 Å². The third-order valence-electron chi connectivity index (χ3n) is 11.6. The lowest BCUT2D eigenvalue weighted by Crippen LogP contribution is -2.26. The fraction of sp³-hybridized carbons (Fsp3) is 0.321. The topological polar surface area (TPSA) is 121 Å². The van der Waals surface area contributed by atoms with Crippen LogP contribution in [0.3, 0.4) is 0 Å². The summed E-state index contributed by atoms with van der Waals surface area (Å²) in [6, 6.07) is 49.8. The quantitative estimate of drug-likeness (QED) is 0.0479. The van der Waals surface area contributed by atoms with E-state index in [2.05, 4.69) is 81.4 Å². The van der Waals surface area contributed by atoms with E-state index in [1.54, 1.807) is 0 Å². The molecule has 63 heavy (non-hydrogen) atoms. The van der Waals surface area contributed by atoms with Crippen molar-refractivity contribution in [3.8, 4) is 34.5 Å². The highest BCUT2D eigenvalue weighted by Gasteiger charge is 2.31. The van der Waals surface area contributed by atoms with Crippen LogP contribution in [-0.4, -0.2) is 87.5 Å². The molecule has 2 N–H and O–H groups in total. The van der Waals surface area contributed by atoms with Gasteiger partial charge in [-0.15, -0.1) is 0 Å². The van der Waals surface area contributed by atoms with Gasteiger partial charge in [0.15, 0.2) is 0 Å². The Morgan fingerprint density at radius 3 is 1.00 bits per heavy atom. The molecule has 2 fully saturated rings. The SMILES string of the molecule is CC(C)(c1ccc(OCC(O)COc2ccc(C(C)(c3ccccc3)c3ccc(OCC(O)COc4ccc(OCC5CO5)cc4)cc3)cc2)cc1)c1ccc(OCC2CO2)cc1. The highest BCUT2D eigenvalue weighted by molar-refractivity contribution is 5.51. The summed E-state index contributed by atoms with van der Waals surface area (Å²) in [5.74, 6) is 4.19. The van der Waals surface area contributed by atoms with Gasteiger partial charge in [-0.1, -0.05) is 92.7 Å². The van der Waals surface area contributed by atoms with Gasteiger partial charge in [-0.05, 0) is 108 Å². The van der Waals surface area contributed by atoms with Crippen molar-refractivity contribution >= 4 is 0 Å². The smallest absolute Gasteiger partial charge is 0.122 e. The number of rotatable bonds is 23. The average Bonchev–Trinajstić information content (AvgIpc) is 4.28. The first-order valence-corrected chi connectivity index (χ1v) is 21.6. The number of aliphatic hydroxyl groups excluding tert-OH is 2. The normalized spacial score (nSPS) is 17.4. The van der Waals surface area contributed by atoms with Gasteiger partial charge in [-0.2, -0.15) is 0 Å². The van der Waals surface area contributed by atoms with E-state index in [0.717, 1.165) is 47.0 Å². The van der Waals surface area contributed by atoms with Gasteiger partial charge < -0.3 is 48.1 Å². The van der Waals surface area contributed by atoms with Crippen LogP contribution in [0.1, 0.15) is 48.6 Å².